The fraction of sp³-hybridized carbons (Fsp3) is 0.357. The molecule has 0 spiro atoms. The highest BCUT2D eigenvalue weighted by Gasteiger charge is 2.06. The Morgan fingerprint density at radius 2 is 1.94 bits per heavy atom. The zero-order chi connectivity index (χ0) is 12.1. The maximum atomic E-state index is 5.27. The molecule has 0 saturated carbocycles. The maximum Gasteiger partial charge on any atom is 0.176 e. The van der Waals surface area contributed by atoms with Gasteiger partial charge in [-0.15, -0.1) is 0 Å². The first kappa shape index (κ1) is 12.5. The minimum absolute atomic E-state index is 0.638. The average molecular weight is 217 g/mol. The lowest BCUT2D eigenvalue weighted by Crippen LogP contribution is -1.96. The van der Waals surface area contributed by atoms with Gasteiger partial charge in [-0.25, -0.2) is 0 Å². The maximum absolute atomic E-state index is 5.27. The molecule has 0 saturated heterocycles. The van der Waals surface area contributed by atoms with Crippen LogP contribution in [0.3, 0.4) is 0 Å². The van der Waals surface area contributed by atoms with Crippen LogP contribution in [-0.2, 0) is 11.2 Å². The molecule has 0 heterocycles. The largest absolute Gasteiger partial charge is 0.446 e. The molecule has 1 aromatic carbocycles. The number of ether oxygens (including phenoxy) is 1. The molecular weight excluding hydrogens is 198 g/mol. The Balaban J connectivity index is 3.03. The SMILES string of the molecule is C=C(OC=NC)c1cc(C)c(CC)c(C)c1. The molecule has 0 amide bonds. The van der Waals surface area contributed by atoms with E-state index in [0.717, 1.165) is 12.0 Å². The number of aliphatic imine (C=N–C) groups is 1. The first-order chi connectivity index (χ1) is 7.60. The van der Waals surface area contributed by atoms with Crippen molar-refractivity contribution in [3.8, 4) is 0 Å². The van der Waals surface area contributed by atoms with E-state index in [-0.39, 0.29) is 0 Å². The van der Waals surface area contributed by atoms with Gasteiger partial charge in [-0.3, -0.25) is 4.99 Å². The Morgan fingerprint density at radius 3 is 2.38 bits per heavy atom. The van der Waals surface area contributed by atoms with Crippen LogP contribution in [0.25, 0.3) is 5.76 Å². The summed E-state index contributed by atoms with van der Waals surface area (Å²) in [6.07, 6.45) is 2.46. The van der Waals surface area contributed by atoms with Gasteiger partial charge in [0, 0.05) is 12.6 Å². The van der Waals surface area contributed by atoms with E-state index in [2.05, 4.69) is 44.5 Å². The van der Waals surface area contributed by atoms with Gasteiger partial charge in [0.15, 0.2) is 6.40 Å². The second-order valence-corrected chi connectivity index (χ2v) is 3.85. The lowest BCUT2D eigenvalue weighted by atomic mass is 9.97. The Morgan fingerprint density at radius 1 is 1.38 bits per heavy atom. The van der Waals surface area contributed by atoms with Crippen LogP contribution < -0.4 is 0 Å². The van der Waals surface area contributed by atoms with Crippen molar-refractivity contribution in [3.05, 3.63) is 41.0 Å². The Hall–Kier alpha value is -1.57. The van der Waals surface area contributed by atoms with E-state index < -0.39 is 0 Å². The monoisotopic (exact) mass is 217 g/mol. The van der Waals surface area contributed by atoms with Crippen molar-refractivity contribution in [2.75, 3.05) is 7.05 Å². The van der Waals surface area contributed by atoms with Crippen molar-refractivity contribution < 1.29 is 4.74 Å². The van der Waals surface area contributed by atoms with Crippen LogP contribution in [0.1, 0.15) is 29.2 Å². The van der Waals surface area contributed by atoms with Gasteiger partial charge >= 0.3 is 0 Å². The van der Waals surface area contributed by atoms with Crippen molar-refractivity contribution in [1.29, 1.82) is 0 Å². The lowest BCUT2D eigenvalue weighted by Gasteiger charge is -2.11. The van der Waals surface area contributed by atoms with Gasteiger partial charge in [0.1, 0.15) is 5.76 Å². The summed E-state index contributed by atoms with van der Waals surface area (Å²) in [5, 5.41) is 0. The molecule has 2 heteroatoms. The molecule has 0 unspecified atom stereocenters. The zero-order valence-electron chi connectivity index (χ0n) is 10.5. The van der Waals surface area contributed by atoms with Gasteiger partial charge in [0.25, 0.3) is 0 Å². The van der Waals surface area contributed by atoms with Gasteiger partial charge in [-0.05, 0) is 49.1 Å². The predicted octanol–water partition coefficient (Wildman–Crippen LogP) is 3.51. The quantitative estimate of drug-likeness (QED) is 0.429. The van der Waals surface area contributed by atoms with Crippen LogP contribution in [-0.4, -0.2) is 13.4 Å². The van der Waals surface area contributed by atoms with Crippen LogP contribution in [0.15, 0.2) is 23.7 Å². The van der Waals surface area contributed by atoms with E-state index in [9.17, 15) is 0 Å². The molecule has 0 bridgehead atoms. The smallest absolute Gasteiger partial charge is 0.176 e. The van der Waals surface area contributed by atoms with Gasteiger partial charge in [-0.1, -0.05) is 13.5 Å². The minimum atomic E-state index is 0.638. The highest BCUT2D eigenvalue weighted by molar-refractivity contribution is 5.67. The second-order valence-electron chi connectivity index (χ2n) is 3.85. The summed E-state index contributed by atoms with van der Waals surface area (Å²) in [5.41, 5.74) is 5.00. The van der Waals surface area contributed by atoms with Crippen LogP contribution >= 0.6 is 0 Å². The Labute approximate surface area is 97.7 Å². The van der Waals surface area contributed by atoms with E-state index in [0.29, 0.717) is 5.76 Å². The molecule has 1 aromatic rings. The number of hydrogen-bond acceptors (Lipinski definition) is 2. The minimum Gasteiger partial charge on any atom is -0.446 e. The fourth-order valence-corrected chi connectivity index (χ4v) is 1.90. The van der Waals surface area contributed by atoms with Crippen molar-refractivity contribution in [3.63, 3.8) is 0 Å². The van der Waals surface area contributed by atoms with E-state index in [4.69, 9.17) is 4.74 Å². The molecule has 0 aliphatic rings. The molecule has 86 valence electrons. The summed E-state index contributed by atoms with van der Waals surface area (Å²) in [6.45, 7) is 10.3. The van der Waals surface area contributed by atoms with Crippen molar-refractivity contribution >= 4 is 12.2 Å². The molecule has 0 atom stereocenters. The third kappa shape index (κ3) is 2.72. The van der Waals surface area contributed by atoms with Crippen LogP contribution in [0.2, 0.25) is 0 Å². The molecule has 0 aromatic heterocycles. The molecule has 16 heavy (non-hydrogen) atoms. The second kappa shape index (κ2) is 5.50. The van der Waals surface area contributed by atoms with E-state index in [1.807, 2.05) is 0 Å². The number of rotatable bonds is 4. The van der Waals surface area contributed by atoms with Gasteiger partial charge in [0.05, 0.1) is 0 Å². The Kier molecular flexibility index (Phi) is 4.29. The molecule has 2 nitrogen and oxygen atoms in total. The summed E-state index contributed by atoms with van der Waals surface area (Å²) >= 11 is 0. The highest BCUT2D eigenvalue weighted by atomic mass is 16.5. The van der Waals surface area contributed by atoms with Crippen molar-refractivity contribution in [2.24, 2.45) is 4.99 Å². The third-order valence-electron chi connectivity index (χ3n) is 2.67. The number of hydrogen-bond donors (Lipinski definition) is 0. The van der Waals surface area contributed by atoms with Crippen molar-refractivity contribution in [2.45, 2.75) is 27.2 Å². The van der Waals surface area contributed by atoms with Gasteiger partial charge < -0.3 is 4.74 Å². The molecule has 0 radical (unpaired) electrons. The molecule has 0 aliphatic heterocycles. The number of benzene rings is 1. The topological polar surface area (TPSA) is 21.6 Å². The van der Waals surface area contributed by atoms with Gasteiger partial charge in [-0.2, -0.15) is 0 Å². The molecule has 1 rings (SSSR count). The normalized spacial score (nSPS) is 10.8. The lowest BCUT2D eigenvalue weighted by molar-refractivity contribution is 0.531. The van der Waals surface area contributed by atoms with Crippen LogP contribution in [0.4, 0.5) is 0 Å². The first-order valence-electron chi connectivity index (χ1n) is 5.46. The van der Waals surface area contributed by atoms with E-state index in [1.165, 1.54) is 23.1 Å². The molecular formula is C14H19NO. The van der Waals surface area contributed by atoms with Crippen LogP contribution in [0, 0.1) is 13.8 Å². The molecule has 0 fully saturated rings. The summed E-state index contributed by atoms with van der Waals surface area (Å²) in [7, 11) is 1.67. The number of aryl methyl sites for hydroxylation is 2. The molecule has 0 aliphatic carbocycles. The average Bonchev–Trinajstić information content (AvgIpc) is 2.25. The van der Waals surface area contributed by atoms with E-state index >= 15 is 0 Å². The summed E-state index contributed by atoms with van der Waals surface area (Å²) in [6, 6.07) is 4.22. The Bertz CT molecular complexity index is 396. The summed E-state index contributed by atoms with van der Waals surface area (Å²) < 4.78 is 5.27. The van der Waals surface area contributed by atoms with Crippen molar-refractivity contribution in [1.82, 2.24) is 0 Å². The van der Waals surface area contributed by atoms with Crippen LogP contribution in [0.5, 0.6) is 0 Å². The molecule has 0 N–H and O–H groups in total. The summed E-state index contributed by atoms with van der Waals surface area (Å²) in [4.78, 5) is 3.77. The first-order valence-corrected chi connectivity index (χ1v) is 5.46. The standard InChI is InChI=1S/C14H19NO/c1-6-14-10(2)7-13(8-11(14)3)12(4)16-9-15-5/h7-9H,4,6H2,1-3,5H3. The number of nitrogens with zero attached hydrogens (tertiary/aromatic N) is 1. The third-order valence-corrected chi connectivity index (χ3v) is 2.67. The fourth-order valence-electron chi connectivity index (χ4n) is 1.90. The zero-order valence-corrected chi connectivity index (χ0v) is 10.5. The van der Waals surface area contributed by atoms with E-state index in [1.54, 1.807) is 7.05 Å². The highest BCUT2D eigenvalue weighted by Crippen LogP contribution is 2.21. The van der Waals surface area contributed by atoms with Gasteiger partial charge in [0.2, 0.25) is 0 Å². The predicted molar refractivity (Wildman–Crippen MR) is 69.8 cm³/mol. The summed E-state index contributed by atoms with van der Waals surface area (Å²) in [5.74, 6) is 0.638.